The zero-order chi connectivity index (χ0) is 30.0. The van der Waals surface area contributed by atoms with Crippen molar-refractivity contribution in [2.75, 3.05) is 57.0 Å². The first-order chi connectivity index (χ1) is 20.1. The number of hydrogen-bond acceptors (Lipinski definition) is 9. The Bertz CT molecular complexity index is 1470. The summed E-state index contributed by atoms with van der Waals surface area (Å²) in [6.45, 7) is 7.58. The van der Waals surface area contributed by atoms with Crippen LogP contribution in [0.2, 0.25) is 0 Å². The molecule has 0 bridgehead atoms. The van der Waals surface area contributed by atoms with E-state index in [1.807, 2.05) is 19.9 Å². The van der Waals surface area contributed by atoms with Gasteiger partial charge in [0.05, 0.1) is 18.4 Å². The summed E-state index contributed by atoms with van der Waals surface area (Å²) < 4.78 is 49.2. The second-order valence-corrected chi connectivity index (χ2v) is 11.3. The molecule has 42 heavy (non-hydrogen) atoms. The molecule has 1 N–H and O–H groups in total. The maximum atomic E-state index is 15.0. The fourth-order valence-electron chi connectivity index (χ4n) is 5.46. The zero-order valence-corrected chi connectivity index (χ0v) is 24.2. The van der Waals surface area contributed by atoms with E-state index in [-0.39, 0.29) is 41.5 Å². The van der Waals surface area contributed by atoms with E-state index in [0.29, 0.717) is 17.2 Å². The van der Waals surface area contributed by atoms with Crippen LogP contribution >= 0.6 is 0 Å². The van der Waals surface area contributed by atoms with Crippen molar-refractivity contribution in [3.05, 3.63) is 53.4 Å². The van der Waals surface area contributed by atoms with Gasteiger partial charge >= 0.3 is 0 Å². The molecule has 1 aromatic carbocycles. The first kappa shape index (κ1) is 29.5. The minimum absolute atomic E-state index is 0.0312. The summed E-state index contributed by atoms with van der Waals surface area (Å²) in [6, 6.07) is 8.32. The van der Waals surface area contributed by atoms with Crippen LogP contribution in [-0.4, -0.2) is 84.0 Å². The number of rotatable bonds is 8. The van der Waals surface area contributed by atoms with Gasteiger partial charge in [-0.2, -0.15) is 9.65 Å². The molecule has 0 aliphatic carbocycles. The van der Waals surface area contributed by atoms with Crippen LogP contribution in [0.5, 0.6) is 5.75 Å². The summed E-state index contributed by atoms with van der Waals surface area (Å²) in [5.41, 5.74) is 1.57. The van der Waals surface area contributed by atoms with E-state index in [1.165, 1.54) is 6.07 Å². The normalized spacial score (nSPS) is 17.7. The highest BCUT2D eigenvalue weighted by Crippen LogP contribution is 2.41. The molecule has 1 atom stereocenters. The van der Waals surface area contributed by atoms with Crippen molar-refractivity contribution in [1.82, 2.24) is 24.8 Å². The average Bonchev–Trinajstić information content (AvgIpc) is 2.97. The van der Waals surface area contributed by atoms with Gasteiger partial charge in [0.1, 0.15) is 23.3 Å². The van der Waals surface area contributed by atoms with Gasteiger partial charge in [0.15, 0.2) is 17.4 Å². The highest BCUT2D eigenvalue weighted by molar-refractivity contribution is 5.73. The number of anilines is 3. The molecule has 1 fully saturated rings. The number of likely N-dealkylation sites (N-methyl/N-ethyl adjacent to an activating group) is 1. The summed E-state index contributed by atoms with van der Waals surface area (Å²) >= 11 is 0. The third-order valence-corrected chi connectivity index (χ3v) is 7.72. The maximum absolute atomic E-state index is 15.0. The summed E-state index contributed by atoms with van der Waals surface area (Å²) in [5, 5.41) is 12.8. The van der Waals surface area contributed by atoms with Crippen LogP contribution in [-0.2, 0) is 0 Å². The Morgan fingerprint density at radius 3 is 2.60 bits per heavy atom. The summed E-state index contributed by atoms with van der Waals surface area (Å²) in [7, 11) is 4.13. The Morgan fingerprint density at radius 1 is 1.14 bits per heavy atom. The summed E-state index contributed by atoms with van der Waals surface area (Å²) in [5.74, 6) is -1.18. The number of benzene rings is 1. The molecule has 4 heterocycles. The molecule has 1 saturated heterocycles. The average molecular weight is 581 g/mol. The fraction of sp³-hybridized carbons (Fsp3) is 0.467. The third-order valence-electron chi connectivity index (χ3n) is 7.72. The Morgan fingerprint density at radius 2 is 1.90 bits per heavy atom. The van der Waals surface area contributed by atoms with Crippen LogP contribution in [0.4, 0.5) is 30.6 Å². The first-order valence-electron chi connectivity index (χ1n) is 14.1. The highest BCUT2D eigenvalue weighted by atomic mass is 19.1. The molecule has 2 aliphatic heterocycles. The first-order valence-corrected chi connectivity index (χ1v) is 14.1. The minimum Gasteiger partial charge on any atom is -0.453 e. The zero-order valence-electron chi connectivity index (χ0n) is 24.2. The Labute approximate surface area is 243 Å². The van der Waals surface area contributed by atoms with Gasteiger partial charge < -0.3 is 24.8 Å². The predicted octanol–water partition coefficient (Wildman–Crippen LogP) is 5.08. The van der Waals surface area contributed by atoms with Gasteiger partial charge in [-0.15, -0.1) is 0 Å². The number of hydrogen-bond donors (Lipinski definition) is 1. The Hall–Kier alpha value is -3.95. The standard InChI is InChI=1S/C30H35F3N8O/c1-18(2)41-17-26(33)42-29-22(31)13-20(14-25(29)41)28-23(32)16-35-30(38-28)37-27-6-5-21(24(15-34)36-27)19-7-9-40(10-8-19)12-11-39(3)4/h5-6,13-14,16,18-19,26H,7-12,17H2,1-4H3,(H,35,36,37,38). The monoisotopic (exact) mass is 580 g/mol. The van der Waals surface area contributed by atoms with Crippen molar-refractivity contribution in [1.29, 1.82) is 5.26 Å². The molecule has 0 saturated carbocycles. The van der Waals surface area contributed by atoms with Gasteiger partial charge in [-0.25, -0.2) is 23.7 Å². The summed E-state index contributed by atoms with van der Waals surface area (Å²) in [4.78, 5) is 19.1. The van der Waals surface area contributed by atoms with Crippen LogP contribution in [0, 0.1) is 23.0 Å². The van der Waals surface area contributed by atoms with E-state index in [9.17, 15) is 14.0 Å². The quantitative estimate of drug-likeness (QED) is 0.392. The van der Waals surface area contributed by atoms with Crippen LogP contribution in [0.25, 0.3) is 11.3 Å². The van der Waals surface area contributed by atoms with Crippen molar-refractivity contribution in [3.63, 3.8) is 0 Å². The largest absolute Gasteiger partial charge is 0.453 e. The number of pyridine rings is 1. The smallest absolute Gasteiger partial charge is 0.256 e. The van der Waals surface area contributed by atoms with E-state index in [4.69, 9.17) is 4.74 Å². The second kappa shape index (κ2) is 12.5. The van der Waals surface area contributed by atoms with Crippen molar-refractivity contribution >= 4 is 17.5 Å². The van der Waals surface area contributed by atoms with E-state index in [1.54, 1.807) is 11.0 Å². The van der Waals surface area contributed by atoms with Crippen LogP contribution in [0.1, 0.15) is 43.9 Å². The van der Waals surface area contributed by atoms with Gasteiger partial charge in [0, 0.05) is 24.7 Å². The second-order valence-electron chi connectivity index (χ2n) is 11.3. The number of likely N-dealkylation sites (tertiary alicyclic amines) is 1. The Kier molecular flexibility index (Phi) is 8.80. The van der Waals surface area contributed by atoms with Crippen molar-refractivity contribution in [2.45, 2.75) is 45.0 Å². The molecule has 12 heteroatoms. The predicted molar refractivity (Wildman–Crippen MR) is 155 cm³/mol. The lowest BCUT2D eigenvalue weighted by molar-refractivity contribution is 0.0591. The lowest BCUT2D eigenvalue weighted by atomic mass is 9.88. The number of piperidine rings is 1. The van der Waals surface area contributed by atoms with Crippen LogP contribution in [0.3, 0.4) is 0 Å². The molecule has 2 aliphatic rings. The third kappa shape index (κ3) is 6.42. The lowest BCUT2D eigenvalue weighted by Gasteiger charge is -2.36. The van der Waals surface area contributed by atoms with Gasteiger partial charge in [0.2, 0.25) is 5.95 Å². The number of alkyl halides is 1. The molecule has 5 rings (SSSR count). The summed E-state index contributed by atoms with van der Waals surface area (Å²) in [6.07, 6.45) is 1.21. The lowest BCUT2D eigenvalue weighted by Crippen LogP contribution is -2.42. The van der Waals surface area contributed by atoms with Gasteiger partial charge in [-0.05, 0) is 83.6 Å². The molecule has 0 radical (unpaired) electrons. The molecular weight excluding hydrogens is 545 g/mol. The molecule has 9 nitrogen and oxygen atoms in total. The van der Waals surface area contributed by atoms with Gasteiger partial charge in [-0.3, -0.25) is 0 Å². The minimum atomic E-state index is -1.68. The molecule has 1 unspecified atom stereocenters. The van der Waals surface area contributed by atoms with Crippen LogP contribution < -0.4 is 15.0 Å². The SMILES string of the molecule is CC(C)N1CC(F)Oc2c(F)cc(-c3nc(Nc4ccc(C5CCN(CCN(C)C)CC5)c(C#N)n4)ncc3F)cc21. The number of aromatic nitrogens is 3. The number of ether oxygens (including phenoxy) is 1. The topological polar surface area (TPSA) is 93.4 Å². The number of fused-ring (bicyclic) bond motifs is 1. The van der Waals surface area contributed by atoms with E-state index in [2.05, 4.69) is 50.2 Å². The highest BCUT2D eigenvalue weighted by Gasteiger charge is 2.31. The number of halogens is 3. The maximum Gasteiger partial charge on any atom is 0.256 e. The van der Waals surface area contributed by atoms with Crippen molar-refractivity contribution in [2.24, 2.45) is 0 Å². The molecule has 222 valence electrons. The van der Waals surface area contributed by atoms with Crippen molar-refractivity contribution < 1.29 is 17.9 Å². The number of nitriles is 1. The van der Waals surface area contributed by atoms with Gasteiger partial charge in [0.25, 0.3) is 6.36 Å². The van der Waals surface area contributed by atoms with Crippen molar-refractivity contribution in [3.8, 4) is 23.1 Å². The van der Waals surface area contributed by atoms with E-state index >= 15 is 4.39 Å². The molecule has 2 aromatic heterocycles. The Balaban J connectivity index is 1.35. The number of nitrogens with zero attached hydrogens (tertiary/aromatic N) is 7. The fourth-order valence-corrected chi connectivity index (χ4v) is 5.46. The number of nitrogens with one attached hydrogen (secondary N) is 1. The molecule has 0 amide bonds. The van der Waals surface area contributed by atoms with E-state index < -0.39 is 18.0 Å². The van der Waals surface area contributed by atoms with Crippen LogP contribution in [0.15, 0.2) is 30.5 Å². The molecular formula is C30H35F3N8O. The van der Waals surface area contributed by atoms with Gasteiger partial charge in [-0.1, -0.05) is 6.07 Å². The van der Waals surface area contributed by atoms with E-state index in [0.717, 1.165) is 56.8 Å². The molecule has 3 aromatic rings. The molecule has 0 spiro atoms.